The van der Waals surface area contributed by atoms with Crippen molar-refractivity contribution in [1.82, 2.24) is 0 Å². The van der Waals surface area contributed by atoms with E-state index in [-0.39, 0.29) is 0 Å². The monoisotopic (exact) mass is 343 g/mol. The van der Waals surface area contributed by atoms with E-state index in [9.17, 15) is 4.79 Å². The third-order valence-electron chi connectivity index (χ3n) is 2.88. The van der Waals surface area contributed by atoms with Gasteiger partial charge in [0.05, 0.1) is 17.2 Å². The number of carbonyl (C=O) groups excluding carboxylic acids is 1. The van der Waals surface area contributed by atoms with E-state index in [4.69, 9.17) is 39.5 Å². The molecule has 0 aromatic heterocycles. The SMILES string of the molecule is COC(=O)C(Nc1ccc(Cl)cc1)c1cccc(Cl)c1Cl. The van der Waals surface area contributed by atoms with Crippen molar-refractivity contribution >= 4 is 46.5 Å². The molecule has 6 heteroatoms. The van der Waals surface area contributed by atoms with Crippen LogP contribution in [-0.4, -0.2) is 13.1 Å². The normalized spacial score (nSPS) is 11.8. The molecular weight excluding hydrogens is 333 g/mol. The van der Waals surface area contributed by atoms with Gasteiger partial charge in [-0.1, -0.05) is 46.9 Å². The molecule has 0 amide bonds. The number of rotatable bonds is 4. The molecule has 0 heterocycles. The maximum Gasteiger partial charge on any atom is 0.333 e. The lowest BCUT2D eigenvalue weighted by Crippen LogP contribution is -2.22. The number of methoxy groups -OCH3 is 1. The van der Waals surface area contributed by atoms with Crippen molar-refractivity contribution in [3.05, 3.63) is 63.1 Å². The first-order valence-corrected chi connectivity index (χ1v) is 7.20. The summed E-state index contributed by atoms with van der Waals surface area (Å²) in [5, 5.41) is 4.36. The van der Waals surface area contributed by atoms with Crippen molar-refractivity contribution in [1.29, 1.82) is 0 Å². The standard InChI is InChI=1S/C15H12Cl3NO2/c1-21-15(20)14(11-3-2-4-12(17)13(11)18)19-10-7-5-9(16)6-8-10/h2-8,14,19H,1H3. The molecule has 3 nitrogen and oxygen atoms in total. The van der Waals surface area contributed by atoms with Crippen molar-refractivity contribution in [3.63, 3.8) is 0 Å². The van der Waals surface area contributed by atoms with Gasteiger partial charge in [-0.2, -0.15) is 0 Å². The molecule has 1 N–H and O–H groups in total. The summed E-state index contributed by atoms with van der Waals surface area (Å²) in [6, 6.07) is 11.3. The first-order chi connectivity index (χ1) is 10.0. The van der Waals surface area contributed by atoms with E-state index < -0.39 is 12.0 Å². The number of anilines is 1. The van der Waals surface area contributed by atoms with E-state index in [1.165, 1.54) is 7.11 Å². The van der Waals surface area contributed by atoms with Crippen LogP contribution in [0, 0.1) is 0 Å². The van der Waals surface area contributed by atoms with E-state index in [1.54, 1.807) is 42.5 Å². The lowest BCUT2D eigenvalue weighted by molar-refractivity contribution is -0.141. The van der Waals surface area contributed by atoms with Crippen LogP contribution in [0.3, 0.4) is 0 Å². The Morgan fingerprint density at radius 2 is 1.76 bits per heavy atom. The zero-order chi connectivity index (χ0) is 15.4. The van der Waals surface area contributed by atoms with Gasteiger partial charge in [0.2, 0.25) is 0 Å². The number of esters is 1. The number of hydrogen-bond donors (Lipinski definition) is 1. The fourth-order valence-electron chi connectivity index (χ4n) is 1.84. The highest BCUT2D eigenvalue weighted by atomic mass is 35.5. The Hall–Kier alpha value is -1.42. The highest BCUT2D eigenvalue weighted by Gasteiger charge is 2.24. The van der Waals surface area contributed by atoms with Gasteiger partial charge in [-0.3, -0.25) is 0 Å². The minimum Gasteiger partial charge on any atom is -0.467 e. The van der Waals surface area contributed by atoms with Gasteiger partial charge in [-0.15, -0.1) is 0 Å². The number of benzene rings is 2. The topological polar surface area (TPSA) is 38.3 Å². The van der Waals surface area contributed by atoms with E-state index >= 15 is 0 Å². The van der Waals surface area contributed by atoms with Crippen LogP contribution < -0.4 is 5.32 Å². The molecule has 0 saturated heterocycles. The second-order valence-electron chi connectivity index (χ2n) is 4.25. The van der Waals surface area contributed by atoms with Crippen molar-refractivity contribution in [3.8, 4) is 0 Å². The fourth-order valence-corrected chi connectivity index (χ4v) is 2.38. The molecule has 0 spiro atoms. The zero-order valence-electron chi connectivity index (χ0n) is 11.1. The van der Waals surface area contributed by atoms with Crippen LogP contribution in [0.1, 0.15) is 11.6 Å². The van der Waals surface area contributed by atoms with Gasteiger partial charge in [-0.25, -0.2) is 4.79 Å². The highest BCUT2D eigenvalue weighted by molar-refractivity contribution is 6.42. The summed E-state index contributed by atoms with van der Waals surface area (Å²) in [6.45, 7) is 0. The molecule has 0 aliphatic carbocycles. The Balaban J connectivity index is 2.37. The minimum absolute atomic E-state index is 0.316. The maximum atomic E-state index is 12.0. The van der Waals surface area contributed by atoms with E-state index in [1.807, 2.05) is 0 Å². The quantitative estimate of drug-likeness (QED) is 0.796. The molecule has 0 radical (unpaired) electrons. The second kappa shape index (κ2) is 7.03. The molecule has 0 aliphatic heterocycles. The fraction of sp³-hybridized carbons (Fsp3) is 0.133. The van der Waals surface area contributed by atoms with Crippen molar-refractivity contribution in [2.45, 2.75) is 6.04 Å². The number of hydrogen-bond acceptors (Lipinski definition) is 3. The first-order valence-electron chi connectivity index (χ1n) is 6.06. The van der Waals surface area contributed by atoms with Crippen molar-refractivity contribution < 1.29 is 9.53 Å². The summed E-state index contributed by atoms with van der Waals surface area (Å²) in [5.41, 5.74) is 1.26. The van der Waals surface area contributed by atoms with Crippen LogP contribution in [0.5, 0.6) is 0 Å². The number of carbonyl (C=O) groups is 1. The average molecular weight is 345 g/mol. The lowest BCUT2D eigenvalue weighted by Gasteiger charge is -2.19. The molecule has 2 aromatic rings. The minimum atomic E-state index is -0.762. The molecule has 110 valence electrons. The van der Waals surface area contributed by atoms with Crippen molar-refractivity contribution in [2.75, 3.05) is 12.4 Å². The van der Waals surface area contributed by atoms with E-state index in [0.717, 1.165) is 0 Å². The Bertz CT molecular complexity index is 644. The summed E-state index contributed by atoms with van der Waals surface area (Å²) in [5.74, 6) is -0.464. The molecule has 2 rings (SSSR count). The summed E-state index contributed by atoms with van der Waals surface area (Å²) in [7, 11) is 1.32. The van der Waals surface area contributed by atoms with Crippen LogP contribution in [0.4, 0.5) is 5.69 Å². The van der Waals surface area contributed by atoms with Crippen LogP contribution in [0.2, 0.25) is 15.1 Å². The average Bonchev–Trinajstić information content (AvgIpc) is 2.49. The van der Waals surface area contributed by atoms with Gasteiger partial charge in [0, 0.05) is 16.3 Å². The summed E-state index contributed by atoms with van der Waals surface area (Å²) >= 11 is 18.0. The van der Waals surface area contributed by atoms with Gasteiger partial charge in [-0.05, 0) is 30.3 Å². The predicted molar refractivity (Wildman–Crippen MR) is 86.3 cm³/mol. The summed E-state index contributed by atoms with van der Waals surface area (Å²) in [6.07, 6.45) is 0. The molecule has 0 saturated carbocycles. The molecular formula is C15H12Cl3NO2. The largest absolute Gasteiger partial charge is 0.467 e. The van der Waals surface area contributed by atoms with Gasteiger partial charge < -0.3 is 10.1 Å². The smallest absolute Gasteiger partial charge is 0.333 e. The van der Waals surface area contributed by atoms with Gasteiger partial charge in [0.15, 0.2) is 6.04 Å². The van der Waals surface area contributed by atoms with Crippen LogP contribution in [0.15, 0.2) is 42.5 Å². The predicted octanol–water partition coefficient (Wildman–Crippen LogP) is 4.97. The van der Waals surface area contributed by atoms with Crippen molar-refractivity contribution in [2.24, 2.45) is 0 Å². The molecule has 0 aliphatic rings. The third kappa shape index (κ3) is 3.82. The second-order valence-corrected chi connectivity index (χ2v) is 5.47. The van der Waals surface area contributed by atoms with Gasteiger partial charge >= 0.3 is 5.97 Å². The lowest BCUT2D eigenvalue weighted by atomic mass is 10.1. The Kier molecular flexibility index (Phi) is 5.34. The van der Waals surface area contributed by atoms with Gasteiger partial charge in [0.1, 0.15) is 0 Å². The van der Waals surface area contributed by atoms with E-state index in [2.05, 4.69) is 5.32 Å². The Morgan fingerprint density at radius 1 is 1.10 bits per heavy atom. The Labute approximate surface area is 137 Å². The molecule has 2 aromatic carbocycles. The highest BCUT2D eigenvalue weighted by Crippen LogP contribution is 2.32. The van der Waals surface area contributed by atoms with Gasteiger partial charge in [0.25, 0.3) is 0 Å². The van der Waals surface area contributed by atoms with Crippen LogP contribution in [0.25, 0.3) is 0 Å². The summed E-state index contributed by atoms with van der Waals surface area (Å²) in [4.78, 5) is 12.0. The third-order valence-corrected chi connectivity index (χ3v) is 3.97. The van der Waals surface area contributed by atoms with E-state index in [0.29, 0.717) is 26.3 Å². The molecule has 1 atom stereocenters. The zero-order valence-corrected chi connectivity index (χ0v) is 13.3. The number of ether oxygens (including phenoxy) is 1. The molecule has 21 heavy (non-hydrogen) atoms. The number of nitrogens with one attached hydrogen (secondary N) is 1. The van der Waals surface area contributed by atoms with Crippen LogP contribution in [-0.2, 0) is 9.53 Å². The molecule has 0 fully saturated rings. The molecule has 0 bridgehead atoms. The first kappa shape index (κ1) is 16.0. The Morgan fingerprint density at radius 3 is 2.38 bits per heavy atom. The maximum absolute atomic E-state index is 12.0. The molecule has 1 unspecified atom stereocenters. The van der Waals surface area contributed by atoms with Crippen LogP contribution >= 0.6 is 34.8 Å². The summed E-state index contributed by atoms with van der Waals surface area (Å²) < 4.78 is 4.83. The number of halogens is 3.